The molecule has 8 heteroatoms. The van der Waals surface area contributed by atoms with Crippen molar-refractivity contribution in [3.8, 4) is 5.75 Å². The fraction of sp³-hybridized carbons (Fsp3) is 0.467. The smallest absolute Gasteiger partial charge is 0.267 e. The van der Waals surface area contributed by atoms with Crippen molar-refractivity contribution in [3.05, 3.63) is 23.8 Å². The number of ether oxygens (including phenoxy) is 1. The minimum Gasteiger partial charge on any atom is -0.496 e. The van der Waals surface area contributed by atoms with E-state index in [9.17, 15) is 18.0 Å². The Morgan fingerprint density at radius 3 is 2.70 bits per heavy atom. The van der Waals surface area contributed by atoms with Gasteiger partial charge in [-0.3, -0.25) is 9.59 Å². The molecule has 7 nitrogen and oxygen atoms in total. The van der Waals surface area contributed by atoms with E-state index < -0.39 is 27.9 Å². The number of sulfonamides is 1. The molecule has 0 unspecified atom stereocenters. The van der Waals surface area contributed by atoms with Crippen LogP contribution in [0.3, 0.4) is 0 Å². The fourth-order valence-electron chi connectivity index (χ4n) is 2.62. The number of nitrogens with zero attached hydrogens (tertiary/aromatic N) is 1. The minimum absolute atomic E-state index is 0.0275. The summed E-state index contributed by atoms with van der Waals surface area (Å²) in [5, 5.41) is 2.57. The fourth-order valence-corrected chi connectivity index (χ4v) is 4.31. The van der Waals surface area contributed by atoms with Crippen LogP contribution in [-0.4, -0.2) is 44.2 Å². The Morgan fingerprint density at radius 2 is 2.13 bits per heavy atom. The Labute approximate surface area is 135 Å². The van der Waals surface area contributed by atoms with Crippen LogP contribution in [0.25, 0.3) is 0 Å². The predicted molar refractivity (Wildman–Crippen MR) is 83.5 cm³/mol. The molecule has 1 aliphatic rings. The van der Waals surface area contributed by atoms with Crippen LogP contribution in [0.15, 0.2) is 23.1 Å². The molecule has 1 fully saturated rings. The molecular formula is C15H20N2O5S. The van der Waals surface area contributed by atoms with Crippen LogP contribution in [0.1, 0.15) is 25.3 Å². The average Bonchev–Trinajstić information content (AvgIpc) is 2.90. The first kappa shape index (κ1) is 17.3. The highest BCUT2D eigenvalue weighted by Gasteiger charge is 2.44. The summed E-state index contributed by atoms with van der Waals surface area (Å²) in [5.41, 5.74) is 0.634. The second-order valence-corrected chi connectivity index (χ2v) is 7.09. The lowest BCUT2D eigenvalue weighted by Crippen LogP contribution is -2.47. The predicted octanol–water partition coefficient (Wildman–Crippen LogP) is 0.819. The Balaban J connectivity index is 2.42. The first-order chi connectivity index (χ1) is 10.8. The SMILES string of the molecule is CCNC(=O)[C@H]1CCC(=O)N1S(=O)(=O)c1ccc(OC)c(C)c1. The van der Waals surface area contributed by atoms with Gasteiger partial charge in [0.2, 0.25) is 11.8 Å². The van der Waals surface area contributed by atoms with Crippen LogP contribution in [0.2, 0.25) is 0 Å². The monoisotopic (exact) mass is 340 g/mol. The van der Waals surface area contributed by atoms with Crippen molar-refractivity contribution >= 4 is 21.8 Å². The number of carbonyl (C=O) groups is 2. The molecule has 2 rings (SSSR count). The summed E-state index contributed by atoms with van der Waals surface area (Å²) >= 11 is 0. The zero-order valence-electron chi connectivity index (χ0n) is 13.3. The summed E-state index contributed by atoms with van der Waals surface area (Å²) in [6.45, 7) is 3.82. The summed E-state index contributed by atoms with van der Waals surface area (Å²) < 4.78 is 31.4. The maximum Gasteiger partial charge on any atom is 0.267 e. The van der Waals surface area contributed by atoms with Gasteiger partial charge in [0.05, 0.1) is 12.0 Å². The number of benzene rings is 1. The molecule has 1 atom stereocenters. The van der Waals surface area contributed by atoms with Gasteiger partial charge in [0.25, 0.3) is 10.0 Å². The molecule has 1 aliphatic heterocycles. The topological polar surface area (TPSA) is 92.8 Å². The molecule has 126 valence electrons. The molecule has 0 radical (unpaired) electrons. The minimum atomic E-state index is -4.08. The number of carbonyl (C=O) groups excluding carboxylic acids is 2. The molecule has 1 aromatic rings. The van der Waals surface area contributed by atoms with Crippen LogP contribution in [0, 0.1) is 6.92 Å². The van der Waals surface area contributed by atoms with Crippen LogP contribution in [0.4, 0.5) is 0 Å². The molecule has 0 saturated carbocycles. The van der Waals surface area contributed by atoms with E-state index in [0.717, 1.165) is 0 Å². The van der Waals surface area contributed by atoms with E-state index in [2.05, 4.69) is 5.32 Å². The van der Waals surface area contributed by atoms with Crippen molar-refractivity contribution in [3.63, 3.8) is 0 Å². The highest BCUT2D eigenvalue weighted by molar-refractivity contribution is 7.89. The third-order valence-corrected chi connectivity index (χ3v) is 5.56. The number of hydrogen-bond donors (Lipinski definition) is 1. The molecular weight excluding hydrogens is 320 g/mol. The van der Waals surface area contributed by atoms with Gasteiger partial charge >= 0.3 is 0 Å². The van der Waals surface area contributed by atoms with Gasteiger partial charge < -0.3 is 10.1 Å². The number of amides is 2. The van der Waals surface area contributed by atoms with E-state index in [1.54, 1.807) is 13.8 Å². The quantitative estimate of drug-likeness (QED) is 0.856. The number of rotatable bonds is 5. The van der Waals surface area contributed by atoms with Gasteiger partial charge in [0.15, 0.2) is 0 Å². The second-order valence-electron chi connectivity index (χ2n) is 5.28. The van der Waals surface area contributed by atoms with Gasteiger partial charge in [-0.2, -0.15) is 0 Å². The second kappa shape index (κ2) is 6.57. The Morgan fingerprint density at radius 1 is 1.43 bits per heavy atom. The van der Waals surface area contributed by atoms with Crippen molar-refractivity contribution in [1.29, 1.82) is 0 Å². The molecule has 2 amide bonds. The van der Waals surface area contributed by atoms with Crippen LogP contribution in [0.5, 0.6) is 5.75 Å². The Kier molecular flexibility index (Phi) is 4.93. The van der Waals surface area contributed by atoms with Crippen LogP contribution in [-0.2, 0) is 19.6 Å². The maximum atomic E-state index is 12.8. The lowest BCUT2D eigenvalue weighted by molar-refractivity contribution is -0.130. The van der Waals surface area contributed by atoms with E-state index in [1.165, 1.54) is 25.3 Å². The number of methoxy groups -OCH3 is 1. The summed E-state index contributed by atoms with van der Waals surface area (Å²) in [6.07, 6.45) is 0.231. The normalized spacial score (nSPS) is 18.1. The molecule has 0 aromatic heterocycles. The molecule has 1 heterocycles. The Hall–Kier alpha value is -2.09. The third-order valence-electron chi connectivity index (χ3n) is 3.74. The summed E-state index contributed by atoms with van der Waals surface area (Å²) in [5.74, 6) is -0.459. The molecule has 0 bridgehead atoms. The van der Waals surface area contributed by atoms with Crippen molar-refractivity contribution in [2.75, 3.05) is 13.7 Å². The summed E-state index contributed by atoms with van der Waals surface area (Å²) in [7, 11) is -2.59. The lowest BCUT2D eigenvalue weighted by atomic mass is 10.2. The standard InChI is InChI=1S/C15H20N2O5S/c1-4-16-15(19)12-6-8-14(18)17(12)23(20,21)11-5-7-13(22-3)10(2)9-11/h5,7,9,12H,4,6,8H2,1-3H3,(H,16,19)/t12-/m1/s1. The number of aryl methyl sites for hydroxylation is 1. The number of nitrogens with one attached hydrogen (secondary N) is 1. The van der Waals surface area contributed by atoms with Crippen molar-refractivity contribution in [2.24, 2.45) is 0 Å². The summed E-state index contributed by atoms with van der Waals surface area (Å²) in [4.78, 5) is 24.1. The highest BCUT2D eigenvalue weighted by atomic mass is 32.2. The van der Waals surface area contributed by atoms with Crippen molar-refractivity contribution in [2.45, 2.75) is 37.6 Å². The molecule has 0 aliphatic carbocycles. The van der Waals surface area contributed by atoms with E-state index in [1.807, 2.05) is 0 Å². The lowest BCUT2D eigenvalue weighted by Gasteiger charge is -2.23. The summed E-state index contributed by atoms with van der Waals surface area (Å²) in [6, 6.07) is 3.36. The zero-order valence-corrected chi connectivity index (χ0v) is 14.1. The van der Waals surface area contributed by atoms with Gasteiger partial charge in [-0.05, 0) is 44.0 Å². The highest BCUT2D eigenvalue weighted by Crippen LogP contribution is 2.29. The number of likely N-dealkylation sites (N-methyl/N-ethyl adjacent to an activating group) is 1. The molecule has 23 heavy (non-hydrogen) atoms. The van der Waals surface area contributed by atoms with E-state index in [0.29, 0.717) is 22.2 Å². The average molecular weight is 340 g/mol. The van der Waals surface area contributed by atoms with Gasteiger partial charge in [0, 0.05) is 13.0 Å². The molecule has 1 aromatic carbocycles. The van der Waals surface area contributed by atoms with Crippen molar-refractivity contribution in [1.82, 2.24) is 9.62 Å². The van der Waals surface area contributed by atoms with Gasteiger partial charge in [-0.1, -0.05) is 0 Å². The molecule has 1 saturated heterocycles. The largest absolute Gasteiger partial charge is 0.496 e. The first-order valence-electron chi connectivity index (χ1n) is 7.32. The van der Waals surface area contributed by atoms with Crippen LogP contribution < -0.4 is 10.1 Å². The maximum absolute atomic E-state index is 12.8. The Bertz CT molecular complexity index is 729. The van der Waals surface area contributed by atoms with Crippen LogP contribution >= 0.6 is 0 Å². The third kappa shape index (κ3) is 3.17. The van der Waals surface area contributed by atoms with Gasteiger partial charge in [-0.15, -0.1) is 0 Å². The van der Waals surface area contributed by atoms with Gasteiger partial charge in [-0.25, -0.2) is 12.7 Å². The van der Waals surface area contributed by atoms with Gasteiger partial charge in [0.1, 0.15) is 11.8 Å². The van der Waals surface area contributed by atoms with E-state index >= 15 is 0 Å². The zero-order chi connectivity index (χ0) is 17.2. The molecule has 1 N–H and O–H groups in total. The van der Waals surface area contributed by atoms with E-state index in [-0.39, 0.29) is 17.7 Å². The van der Waals surface area contributed by atoms with E-state index in [4.69, 9.17) is 4.74 Å². The van der Waals surface area contributed by atoms with Crippen molar-refractivity contribution < 1.29 is 22.7 Å². The first-order valence-corrected chi connectivity index (χ1v) is 8.76. The molecule has 0 spiro atoms. The number of hydrogen-bond acceptors (Lipinski definition) is 5.